The number of pyridine rings is 1. The third-order valence-corrected chi connectivity index (χ3v) is 2.66. The van der Waals surface area contributed by atoms with Crippen LogP contribution in [0.5, 0.6) is 0 Å². The molecule has 1 aromatic heterocycles. The summed E-state index contributed by atoms with van der Waals surface area (Å²) < 4.78 is 4.91. The lowest BCUT2D eigenvalue weighted by atomic mass is 10.1. The smallest absolute Gasteiger partial charge is 0.341 e. The van der Waals surface area contributed by atoms with Crippen molar-refractivity contribution >= 4 is 17.8 Å². The summed E-state index contributed by atoms with van der Waals surface area (Å²) in [6.07, 6.45) is 2.04. The molecule has 0 aliphatic carbocycles. The zero-order valence-corrected chi connectivity index (χ0v) is 11.0. The summed E-state index contributed by atoms with van der Waals surface area (Å²) in [5.41, 5.74) is 0.310. The van der Waals surface area contributed by atoms with Gasteiger partial charge < -0.3 is 15.2 Å². The average Bonchev–Trinajstić information content (AvgIpc) is 2.39. The largest absolute Gasteiger partial charge is 0.481 e. The van der Waals surface area contributed by atoms with Gasteiger partial charge in [0.05, 0.1) is 12.5 Å². The van der Waals surface area contributed by atoms with Crippen LogP contribution in [0, 0.1) is 5.92 Å². The van der Waals surface area contributed by atoms with Crippen LogP contribution in [0.1, 0.15) is 30.6 Å². The van der Waals surface area contributed by atoms with Gasteiger partial charge in [0, 0.05) is 12.7 Å². The molecule has 1 rings (SSSR count). The monoisotopic (exact) mass is 266 g/mol. The highest BCUT2D eigenvalue weighted by molar-refractivity contribution is 5.94. The molecule has 0 fully saturated rings. The second-order valence-corrected chi connectivity index (χ2v) is 3.94. The van der Waals surface area contributed by atoms with E-state index in [2.05, 4.69) is 10.3 Å². The minimum Gasteiger partial charge on any atom is -0.481 e. The topological polar surface area (TPSA) is 88.5 Å². The minimum atomic E-state index is -0.872. The average molecular weight is 266 g/mol. The molecule has 1 unspecified atom stereocenters. The summed E-state index contributed by atoms with van der Waals surface area (Å²) in [5.74, 6) is -1.51. The van der Waals surface area contributed by atoms with E-state index in [9.17, 15) is 9.59 Å². The van der Waals surface area contributed by atoms with Gasteiger partial charge in [0.15, 0.2) is 0 Å². The quantitative estimate of drug-likeness (QED) is 0.731. The van der Waals surface area contributed by atoms with E-state index in [1.54, 1.807) is 26.0 Å². The Morgan fingerprint density at radius 1 is 1.47 bits per heavy atom. The number of hydrogen-bond acceptors (Lipinski definition) is 5. The number of ether oxygens (including phenoxy) is 1. The van der Waals surface area contributed by atoms with E-state index in [0.29, 0.717) is 17.8 Å². The lowest BCUT2D eigenvalue weighted by molar-refractivity contribution is -0.141. The van der Waals surface area contributed by atoms with E-state index < -0.39 is 17.9 Å². The van der Waals surface area contributed by atoms with Crippen LogP contribution in [0.15, 0.2) is 18.3 Å². The zero-order valence-electron chi connectivity index (χ0n) is 11.0. The van der Waals surface area contributed by atoms with Crippen LogP contribution in [-0.4, -0.2) is 35.2 Å². The van der Waals surface area contributed by atoms with Crippen LogP contribution in [0.2, 0.25) is 0 Å². The Balaban J connectivity index is 2.78. The molecule has 6 heteroatoms. The summed E-state index contributed by atoms with van der Waals surface area (Å²) >= 11 is 0. The SMILES string of the molecule is CCOC(=O)c1cccnc1NCC(CC)C(=O)O. The van der Waals surface area contributed by atoms with E-state index >= 15 is 0 Å². The Labute approximate surface area is 111 Å². The molecule has 1 aromatic rings. The maximum Gasteiger partial charge on any atom is 0.341 e. The predicted molar refractivity (Wildman–Crippen MR) is 70.1 cm³/mol. The van der Waals surface area contributed by atoms with Crippen LogP contribution in [-0.2, 0) is 9.53 Å². The number of esters is 1. The van der Waals surface area contributed by atoms with Gasteiger partial charge in [-0.05, 0) is 25.5 Å². The Kier molecular flexibility index (Phi) is 5.78. The molecule has 1 atom stereocenters. The van der Waals surface area contributed by atoms with Crippen molar-refractivity contribution in [2.45, 2.75) is 20.3 Å². The van der Waals surface area contributed by atoms with E-state index in [-0.39, 0.29) is 13.2 Å². The molecule has 19 heavy (non-hydrogen) atoms. The molecule has 0 aromatic carbocycles. The van der Waals surface area contributed by atoms with Crippen molar-refractivity contribution in [1.82, 2.24) is 4.98 Å². The highest BCUT2D eigenvalue weighted by Gasteiger charge is 2.17. The number of anilines is 1. The predicted octanol–water partition coefficient (Wildman–Crippen LogP) is 1.78. The number of carbonyl (C=O) groups excluding carboxylic acids is 1. The molecule has 104 valence electrons. The first-order chi connectivity index (χ1) is 9.10. The van der Waals surface area contributed by atoms with Crippen molar-refractivity contribution in [2.24, 2.45) is 5.92 Å². The molecule has 6 nitrogen and oxygen atoms in total. The van der Waals surface area contributed by atoms with Crippen molar-refractivity contribution in [3.8, 4) is 0 Å². The number of carboxylic acid groups (broad SMARTS) is 1. The molecular formula is C13H18N2O4. The second-order valence-electron chi connectivity index (χ2n) is 3.94. The lowest BCUT2D eigenvalue weighted by Crippen LogP contribution is -2.23. The molecule has 0 bridgehead atoms. The summed E-state index contributed by atoms with van der Waals surface area (Å²) in [6.45, 7) is 4.01. The van der Waals surface area contributed by atoms with Crippen LogP contribution >= 0.6 is 0 Å². The van der Waals surface area contributed by atoms with Gasteiger partial charge in [0.25, 0.3) is 0 Å². The van der Waals surface area contributed by atoms with E-state index in [0.717, 1.165) is 0 Å². The fourth-order valence-electron chi connectivity index (χ4n) is 1.55. The van der Waals surface area contributed by atoms with Crippen molar-refractivity contribution in [3.05, 3.63) is 23.9 Å². The van der Waals surface area contributed by atoms with Gasteiger partial charge in [0.1, 0.15) is 11.4 Å². The number of nitrogens with one attached hydrogen (secondary N) is 1. The first-order valence-corrected chi connectivity index (χ1v) is 6.18. The summed E-state index contributed by atoms with van der Waals surface area (Å²) in [6, 6.07) is 3.22. The molecule has 0 saturated carbocycles. The van der Waals surface area contributed by atoms with Crippen LogP contribution in [0.25, 0.3) is 0 Å². The Bertz CT molecular complexity index is 448. The van der Waals surface area contributed by atoms with Crippen LogP contribution in [0.4, 0.5) is 5.82 Å². The fourth-order valence-corrected chi connectivity index (χ4v) is 1.55. The third-order valence-electron chi connectivity index (χ3n) is 2.66. The number of rotatable bonds is 7. The molecule has 0 spiro atoms. The summed E-state index contributed by atoms with van der Waals surface area (Å²) in [5, 5.41) is 11.9. The molecule has 0 saturated heterocycles. The normalized spacial score (nSPS) is 11.7. The standard InChI is InChI=1S/C13H18N2O4/c1-3-9(12(16)17)8-15-11-10(6-5-7-14-11)13(18)19-4-2/h5-7,9H,3-4,8H2,1-2H3,(H,14,15)(H,16,17). The maximum atomic E-state index is 11.7. The molecule has 0 radical (unpaired) electrons. The van der Waals surface area contributed by atoms with Gasteiger partial charge >= 0.3 is 11.9 Å². The van der Waals surface area contributed by atoms with Crippen LogP contribution in [0.3, 0.4) is 0 Å². The van der Waals surface area contributed by atoms with Gasteiger partial charge in [-0.1, -0.05) is 6.92 Å². The molecule has 0 aliphatic heterocycles. The lowest BCUT2D eigenvalue weighted by Gasteiger charge is -2.13. The minimum absolute atomic E-state index is 0.218. The van der Waals surface area contributed by atoms with Gasteiger partial charge in [0.2, 0.25) is 0 Å². The molecule has 0 amide bonds. The van der Waals surface area contributed by atoms with Gasteiger partial charge in [-0.2, -0.15) is 0 Å². The maximum absolute atomic E-state index is 11.7. The number of nitrogens with zero attached hydrogens (tertiary/aromatic N) is 1. The first kappa shape index (κ1) is 14.9. The second kappa shape index (κ2) is 7.35. The fraction of sp³-hybridized carbons (Fsp3) is 0.462. The number of hydrogen-bond donors (Lipinski definition) is 2. The van der Waals surface area contributed by atoms with E-state index in [1.165, 1.54) is 6.20 Å². The van der Waals surface area contributed by atoms with Gasteiger partial charge in [-0.25, -0.2) is 9.78 Å². The Morgan fingerprint density at radius 3 is 2.79 bits per heavy atom. The van der Waals surface area contributed by atoms with Crippen molar-refractivity contribution in [3.63, 3.8) is 0 Å². The first-order valence-electron chi connectivity index (χ1n) is 6.18. The summed E-state index contributed by atoms with van der Waals surface area (Å²) in [7, 11) is 0. The highest BCUT2D eigenvalue weighted by atomic mass is 16.5. The molecule has 1 heterocycles. The molecule has 2 N–H and O–H groups in total. The van der Waals surface area contributed by atoms with Crippen molar-refractivity contribution in [2.75, 3.05) is 18.5 Å². The van der Waals surface area contributed by atoms with Gasteiger partial charge in [-0.15, -0.1) is 0 Å². The Morgan fingerprint density at radius 2 is 2.21 bits per heavy atom. The van der Waals surface area contributed by atoms with E-state index in [1.807, 2.05) is 0 Å². The van der Waals surface area contributed by atoms with Gasteiger partial charge in [-0.3, -0.25) is 4.79 Å². The number of aromatic nitrogens is 1. The summed E-state index contributed by atoms with van der Waals surface area (Å²) in [4.78, 5) is 26.7. The highest BCUT2D eigenvalue weighted by Crippen LogP contribution is 2.14. The number of carbonyl (C=O) groups is 2. The number of carboxylic acids is 1. The molecular weight excluding hydrogens is 248 g/mol. The van der Waals surface area contributed by atoms with Crippen LogP contribution < -0.4 is 5.32 Å². The number of aliphatic carboxylic acids is 1. The third kappa shape index (κ3) is 4.24. The van der Waals surface area contributed by atoms with Crippen molar-refractivity contribution < 1.29 is 19.4 Å². The molecule has 0 aliphatic rings. The zero-order chi connectivity index (χ0) is 14.3. The van der Waals surface area contributed by atoms with E-state index in [4.69, 9.17) is 9.84 Å². The Hall–Kier alpha value is -2.11. The van der Waals surface area contributed by atoms with Crippen molar-refractivity contribution in [1.29, 1.82) is 0 Å².